The number of thioether (sulfide) groups is 1. The molecule has 0 aromatic carbocycles. The third kappa shape index (κ3) is 3.51. The third-order valence-electron chi connectivity index (χ3n) is 3.23. The highest BCUT2D eigenvalue weighted by atomic mass is 32.2. The second-order valence-electron chi connectivity index (χ2n) is 6.44. The van der Waals surface area contributed by atoms with E-state index in [1.54, 1.807) is 0 Å². The van der Waals surface area contributed by atoms with Crippen LogP contribution in [0.2, 0.25) is 0 Å². The Morgan fingerprint density at radius 1 is 1.42 bits per heavy atom. The monoisotopic (exact) mass is 304 g/mol. The maximum atomic E-state index is 11.9. The Morgan fingerprint density at radius 2 is 2.05 bits per heavy atom. The van der Waals surface area contributed by atoms with Gasteiger partial charge in [0, 0.05) is 18.7 Å². The van der Waals surface area contributed by atoms with Gasteiger partial charge in [-0.05, 0) is 5.41 Å². The normalized spacial score (nSPS) is 31.8. The Morgan fingerprint density at radius 3 is 2.58 bits per heavy atom. The molecule has 2 unspecified atom stereocenters. The SMILES string of the molecule is CN1C(=NC(=O)CC(C)(C)C)SC2CS(=O)(=O)CC21. The largest absolute Gasteiger partial charge is 0.349 e. The topological polar surface area (TPSA) is 66.8 Å². The van der Waals surface area contributed by atoms with Crippen LogP contribution in [-0.2, 0) is 14.6 Å². The van der Waals surface area contributed by atoms with Crippen LogP contribution in [-0.4, -0.2) is 54.2 Å². The van der Waals surface area contributed by atoms with Gasteiger partial charge in [-0.25, -0.2) is 8.42 Å². The van der Waals surface area contributed by atoms with Gasteiger partial charge < -0.3 is 4.90 Å². The van der Waals surface area contributed by atoms with Gasteiger partial charge in [0.1, 0.15) is 0 Å². The zero-order valence-electron chi connectivity index (χ0n) is 11.7. The highest BCUT2D eigenvalue weighted by Crippen LogP contribution is 2.37. The van der Waals surface area contributed by atoms with E-state index >= 15 is 0 Å². The molecule has 0 spiro atoms. The van der Waals surface area contributed by atoms with Crippen LogP contribution in [0.5, 0.6) is 0 Å². The van der Waals surface area contributed by atoms with Gasteiger partial charge in [0.05, 0.1) is 17.5 Å². The summed E-state index contributed by atoms with van der Waals surface area (Å²) in [6.45, 7) is 5.99. The lowest BCUT2D eigenvalue weighted by atomic mass is 9.92. The highest BCUT2D eigenvalue weighted by Gasteiger charge is 2.47. The van der Waals surface area contributed by atoms with Gasteiger partial charge in [-0.2, -0.15) is 4.99 Å². The van der Waals surface area contributed by atoms with Crippen molar-refractivity contribution in [3.8, 4) is 0 Å². The molecule has 0 aromatic heterocycles. The van der Waals surface area contributed by atoms with Gasteiger partial charge in [-0.3, -0.25) is 4.79 Å². The number of fused-ring (bicyclic) bond motifs is 1. The van der Waals surface area contributed by atoms with Crippen molar-refractivity contribution in [2.45, 2.75) is 38.5 Å². The fourth-order valence-electron chi connectivity index (χ4n) is 2.34. The highest BCUT2D eigenvalue weighted by molar-refractivity contribution is 8.15. The number of sulfone groups is 1. The van der Waals surface area contributed by atoms with E-state index in [1.807, 2.05) is 32.7 Å². The van der Waals surface area contributed by atoms with Crippen molar-refractivity contribution in [2.75, 3.05) is 18.6 Å². The Hall–Kier alpha value is -0.560. The van der Waals surface area contributed by atoms with Gasteiger partial charge in [0.2, 0.25) is 5.91 Å². The van der Waals surface area contributed by atoms with Crippen molar-refractivity contribution in [1.29, 1.82) is 0 Å². The molecule has 2 saturated heterocycles. The quantitative estimate of drug-likeness (QED) is 0.727. The van der Waals surface area contributed by atoms with E-state index in [0.717, 1.165) is 0 Å². The number of hydrogen-bond acceptors (Lipinski definition) is 4. The molecule has 19 heavy (non-hydrogen) atoms. The van der Waals surface area contributed by atoms with Crippen molar-refractivity contribution in [3.05, 3.63) is 0 Å². The van der Waals surface area contributed by atoms with E-state index in [1.165, 1.54) is 11.8 Å². The van der Waals surface area contributed by atoms with E-state index in [2.05, 4.69) is 4.99 Å². The zero-order valence-corrected chi connectivity index (χ0v) is 13.3. The van der Waals surface area contributed by atoms with E-state index in [9.17, 15) is 13.2 Å². The molecule has 2 fully saturated rings. The molecular weight excluding hydrogens is 284 g/mol. The fraction of sp³-hybridized carbons (Fsp3) is 0.833. The van der Waals surface area contributed by atoms with Crippen molar-refractivity contribution in [2.24, 2.45) is 10.4 Å². The average molecular weight is 304 g/mol. The van der Waals surface area contributed by atoms with E-state index in [4.69, 9.17) is 0 Å². The first-order valence-electron chi connectivity index (χ1n) is 6.29. The minimum Gasteiger partial charge on any atom is -0.349 e. The van der Waals surface area contributed by atoms with Gasteiger partial charge in [-0.1, -0.05) is 32.5 Å². The number of carbonyl (C=O) groups is 1. The number of amides is 1. The average Bonchev–Trinajstić information content (AvgIpc) is 2.60. The summed E-state index contributed by atoms with van der Waals surface area (Å²) < 4.78 is 23.1. The molecule has 0 N–H and O–H groups in total. The summed E-state index contributed by atoms with van der Waals surface area (Å²) in [6, 6.07) is -0.0313. The summed E-state index contributed by atoms with van der Waals surface area (Å²) in [5, 5.41) is 0.690. The Labute approximate surface area is 118 Å². The molecule has 7 heteroatoms. The molecule has 0 aromatic rings. The Balaban J connectivity index is 2.08. The van der Waals surface area contributed by atoms with Crippen LogP contribution in [0.25, 0.3) is 0 Å². The Bertz CT molecular complexity index is 520. The summed E-state index contributed by atoms with van der Waals surface area (Å²) in [5.41, 5.74) is -0.0812. The maximum Gasteiger partial charge on any atom is 0.248 e. The maximum absolute atomic E-state index is 11.9. The first-order chi connectivity index (χ1) is 8.57. The molecule has 2 atom stereocenters. The molecule has 2 rings (SSSR count). The number of carbonyl (C=O) groups excluding carboxylic acids is 1. The number of aliphatic imine (C=N–C) groups is 1. The van der Waals surface area contributed by atoms with E-state index in [0.29, 0.717) is 11.6 Å². The number of amidine groups is 1. The molecule has 2 heterocycles. The van der Waals surface area contributed by atoms with Gasteiger partial charge in [-0.15, -0.1) is 0 Å². The molecular formula is C12H20N2O3S2. The number of rotatable bonds is 1. The standard InChI is InChI=1S/C12H20N2O3S2/c1-12(2,3)5-10(15)13-11-14(4)8-6-19(16,17)7-9(8)18-11/h8-9H,5-7H2,1-4H3. The number of hydrogen-bond donors (Lipinski definition) is 0. The second kappa shape index (κ2) is 4.77. The van der Waals surface area contributed by atoms with E-state index in [-0.39, 0.29) is 34.1 Å². The third-order valence-corrected chi connectivity index (χ3v) is 6.53. The zero-order chi connectivity index (χ0) is 14.4. The second-order valence-corrected chi connectivity index (χ2v) is 9.80. The lowest BCUT2D eigenvalue weighted by Crippen LogP contribution is -2.34. The van der Waals surface area contributed by atoms with Crippen molar-refractivity contribution < 1.29 is 13.2 Å². The molecule has 1 amide bonds. The first kappa shape index (κ1) is 14.8. The van der Waals surface area contributed by atoms with Crippen molar-refractivity contribution >= 4 is 32.7 Å². The summed E-state index contributed by atoms with van der Waals surface area (Å²) in [6.07, 6.45) is 0.401. The van der Waals surface area contributed by atoms with Gasteiger partial charge in [0.25, 0.3) is 0 Å². The van der Waals surface area contributed by atoms with Crippen LogP contribution in [0, 0.1) is 5.41 Å². The molecule has 0 saturated carbocycles. The minimum absolute atomic E-state index is 0.0242. The predicted molar refractivity (Wildman–Crippen MR) is 78.1 cm³/mol. The summed E-state index contributed by atoms with van der Waals surface area (Å²) in [5.74, 6) is 0.233. The summed E-state index contributed by atoms with van der Waals surface area (Å²) >= 11 is 1.42. The predicted octanol–water partition coefficient (Wildman–Crippen LogP) is 1.15. The van der Waals surface area contributed by atoms with Crippen LogP contribution in [0.4, 0.5) is 0 Å². The van der Waals surface area contributed by atoms with Crippen LogP contribution >= 0.6 is 11.8 Å². The molecule has 108 valence electrons. The minimum atomic E-state index is -2.92. The Kier molecular flexibility index (Phi) is 3.72. The van der Waals surface area contributed by atoms with Crippen LogP contribution < -0.4 is 0 Å². The summed E-state index contributed by atoms with van der Waals surface area (Å²) in [4.78, 5) is 17.9. The fourth-order valence-corrected chi connectivity index (χ4v) is 6.35. The molecule has 0 bridgehead atoms. The van der Waals surface area contributed by atoms with Gasteiger partial charge in [0.15, 0.2) is 15.0 Å². The summed E-state index contributed by atoms with van der Waals surface area (Å²) in [7, 11) is -1.10. The van der Waals surface area contributed by atoms with Crippen LogP contribution in [0.15, 0.2) is 4.99 Å². The van der Waals surface area contributed by atoms with Crippen LogP contribution in [0.3, 0.4) is 0 Å². The lowest BCUT2D eigenvalue weighted by Gasteiger charge is -2.19. The smallest absolute Gasteiger partial charge is 0.248 e. The molecule has 2 aliphatic rings. The first-order valence-corrected chi connectivity index (χ1v) is 8.99. The molecule has 0 aliphatic carbocycles. The van der Waals surface area contributed by atoms with Crippen molar-refractivity contribution in [1.82, 2.24) is 4.90 Å². The van der Waals surface area contributed by atoms with Gasteiger partial charge >= 0.3 is 0 Å². The van der Waals surface area contributed by atoms with E-state index < -0.39 is 9.84 Å². The lowest BCUT2D eigenvalue weighted by molar-refractivity contribution is -0.119. The molecule has 2 aliphatic heterocycles. The van der Waals surface area contributed by atoms with Crippen molar-refractivity contribution in [3.63, 3.8) is 0 Å². The molecule has 5 nitrogen and oxygen atoms in total. The van der Waals surface area contributed by atoms with Crippen LogP contribution in [0.1, 0.15) is 27.2 Å². The number of nitrogens with zero attached hydrogens (tertiary/aromatic N) is 2. The molecule has 0 radical (unpaired) electrons.